The van der Waals surface area contributed by atoms with Crippen LogP contribution in [0, 0.1) is 11.8 Å². The second kappa shape index (κ2) is 8.07. The SMILES string of the molecule is COC(=O)C1CCN(S(=O)(=O)NCC(N)CC(C)C)CC1. The van der Waals surface area contributed by atoms with E-state index in [0.717, 1.165) is 6.42 Å². The fraction of sp³-hybridized carbons (Fsp3) is 0.923. The molecule has 1 atom stereocenters. The van der Waals surface area contributed by atoms with Crippen molar-refractivity contribution in [2.75, 3.05) is 26.7 Å². The molecule has 1 unspecified atom stereocenters. The zero-order valence-electron chi connectivity index (χ0n) is 13.0. The summed E-state index contributed by atoms with van der Waals surface area (Å²) in [4.78, 5) is 11.4. The van der Waals surface area contributed by atoms with Crippen LogP contribution in [-0.4, -0.2) is 51.5 Å². The predicted molar refractivity (Wildman–Crippen MR) is 80.7 cm³/mol. The minimum Gasteiger partial charge on any atom is -0.469 e. The molecule has 21 heavy (non-hydrogen) atoms. The third kappa shape index (κ3) is 5.90. The summed E-state index contributed by atoms with van der Waals surface area (Å²) < 4.78 is 32.9. The molecule has 0 aliphatic carbocycles. The van der Waals surface area contributed by atoms with Crippen molar-refractivity contribution in [1.82, 2.24) is 9.03 Å². The van der Waals surface area contributed by atoms with Gasteiger partial charge in [-0.05, 0) is 25.2 Å². The molecule has 1 rings (SSSR count). The van der Waals surface area contributed by atoms with E-state index in [1.807, 2.05) is 13.8 Å². The molecule has 1 aliphatic heterocycles. The van der Waals surface area contributed by atoms with Crippen LogP contribution in [-0.2, 0) is 19.7 Å². The van der Waals surface area contributed by atoms with Crippen molar-refractivity contribution in [2.45, 2.75) is 39.2 Å². The Morgan fingerprint density at radius 1 is 1.38 bits per heavy atom. The summed E-state index contributed by atoms with van der Waals surface area (Å²) in [5.74, 6) is -0.0380. The number of methoxy groups -OCH3 is 1. The third-order valence-corrected chi connectivity index (χ3v) is 5.21. The lowest BCUT2D eigenvalue weighted by Crippen LogP contribution is -2.48. The van der Waals surface area contributed by atoms with Gasteiger partial charge in [-0.15, -0.1) is 0 Å². The summed E-state index contributed by atoms with van der Waals surface area (Å²) in [5.41, 5.74) is 5.88. The van der Waals surface area contributed by atoms with Gasteiger partial charge in [0.15, 0.2) is 0 Å². The molecule has 0 spiro atoms. The Morgan fingerprint density at radius 3 is 2.43 bits per heavy atom. The van der Waals surface area contributed by atoms with Crippen molar-refractivity contribution < 1.29 is 17.9 Å². The van der Waals surface area contributed by atoms with Gasteiger partial charge in [0.1, 0.15) is 0 Å². The van der Waals surface area contributed by atoms with Gasteiger partial charge in [0.05, 0.1) is 13.0 Å². The summed E-state index contributed by atoms with van der Waals surface area (Å²) in [6.45, 7) is 4.98. The molecule has 0 aromatic rings. The number of esters is 1. The molecule has 1 heterocycles. The van der Waals surface area contributed by atoms with Gasteiger partial charge < -0.3 is 10.5 Å². The van der Waals surface area contributed by atoms with Crippen LogP contribution in [0.1, 0.15) is 33.1 Å². The molecule has 1 saturated heterocycles. The Morgan fingerprint density at radius 2 is 1.95 bits per heavy atom. The average molecular weight is 321 g/mol. The summed E-state index contributed by atoms with van der Waals surface area (Å²) in [7, 11) is -2.17. The number of ether oxygens (including phenoxy) is 1. The Hall–Kier alpha value is -0.700. The number of hydrogen-bond donors (Lipinski definition) is 2. The number of nitrogens with one attached hydrogen (secondary N) is 1. The van der Waals surface area contributed by atoms with Crippen LogP contribution >= 0.6 is 0 Å². The topological polar surface area (TPSA) is 102 Å². The first-order valence-corrected chi connectivity index (χ1v) is 8.78. The molecule has 0 aromatic carbocycles. The standard InChI is InChI=1S/C13H27N3O4S/c1-10(2)8-12(14)9-15-21(18,19)16-6-4-11(5-7-16)13(17)20-3/h10-12,15H,4-9,14H2,1-3H3. The van der Waals surface area contributed by atoms with Crippen LogP contribution in [0.2, 0.25) is 0 Å². The van der Waals surface area contributed by atoms with Crippen LogP contribution in [0.4, 0.5) is 0 Å². The molecule has 0 saturated carbocycles. The maximum atomic E-state index is 12.2. The van der Waals surface area contributed by atoms with E-state index in [1.54, 1.807) is 0 Å². The first kappa shape index (κ1) is 18.3. The van der Waals surface area contributed by atoms with Gasteiger partial charge in [0, 0.05) is 25.7 Å². The summed E-state index contributed by atoms with van der Waals surface area (Å²) in [5, 5.41) is 0. The Labute approximate surface area is 127 Å². The third-order valence-electron chi connectivity index (χ3n) is 3.63. The summed E-state index contributed by atoms with van der Waals surface area (Å²) >= 11 is 0. The van der Waals surface area contributed by atoms with Crippen LogP contribution < -0.4 is 10.5 Å². The molecule has 1 aliphatic rings. The zero-order chi connectivity index (χ0) is 16.0. The van der Waals surface area contributed by atoms with Crippen molar-refractivity contribution >= 4 is 16.2 Å². The molecular weight excluding hydrogens is 294 g/mol. The Bertz CT molecular complexity index is 431. The second-order valence-electron chi connectivity index (χ2n) is 5.94. The van der Waals surface area contributed by atoms with E-state index in [4.69, 9.17) is 5.73 Å². The number of carbonyl (C=O) groups is 1. The Balaban J connectivity index is 2.44. The van der Waals surface area contributed by atoms with Gasteiger partial charge >= 0.3 is 5.97 Å². The molecule has 7 nitrogen and oxygen atoms in total. The van der Waals surface area contributed by atoms with E-state index >= 15 is 0 Å². The molecule has 3 N–H and O–H groups in total. The van der Waals surface area contributed by atoms with Crippen LogP contribution in [0.15, 0.2) is 0 Å². The molecule has 0 bridgehead atoms. The smallest absolute Gasteiger partial charge is 0.308 e. The highest BCUT2D eigenvalue weighted by Gasteiger charge is 2.31. The van der Waals surface area contributed by atoms with E-state index in [-0.39, 0.29) is 24.5 Å². The van der Waals surface area contributed by atoms with Crippen molar-refractivity contribution in [3.63, 3.8) is 0 Å². The number of rotatable bonds is 7. The zero-order valence-corrected chi connectivity index (χ0v) is 13.9. The molecule has 0 aromatic heterocycles. The van der Waals surface area contributed by atoms with Crippen molar-refractivity contribution in [3.8, 4) is 0 Å². The number of nitrogens with two attached hydrogens (primary N) is 1. The number of piperidine rings is 1. The van der Waals surface area contributed by atoms with Crippen molar-refractivity contribution in [1.29, 1.82) is 0 Å². The van der Waals surface area contributed by atoms with E-state index in [0.29, 0.717) is 31.8 Å². The normalized spacial score (nSPS) is 19.7. The quantitative estimate of drug-likeness (QED) is 0.647. The van der Waals surface area contributed by atoms with Crippen LogP contribution in [0.3, 0.4) is 0 Å². The lowest BCUT2D eigenvalue weighted by molar-refractivity contribution is -0.146. The van der Waals surface area contributed by atoms with Gasteiger partial charge in [-0.1, -0.05) is 13.8 Å². The molecular formula is C13H27N3O4S. The largest absolute Gasteiger partial charge is 0.469 e. The lowest BCUT2D eigenvalue weighted by Gasteiger charge is -2.30. The van der Waals surface area contributed by atoms with Gasteiger partial charge in [0.2, 0.25) is 0 Å². The minimum atomic E-state index is -3.52. The fourth-order valence-corrected chi connectivity index (χ4v) is 3.79. The summed E-state index contributed by atoms with van der Waals surface area (Å²) in [6.07, 6.45) is 1.75. The highest BCUT2D eigenvalue weighted by molar-refractivity contribution is 7.87. The predicted octanol–water partition coefficient (Wildman–Crippen LogP) is 0.0792. The van der Waals surface area contributed by atoms with Gasteiger partial charge in [0.25, 0.3) is 10.2 Å². The van der Waals surface area contributed by atoms with Gasteiger partial charge in [-0.25, -0.2) is 4.72 Å². The monoisotopic (exact) mass is 321 g/mol. The van der Waals surface area contributed by atoms with Crippen LogP contribution in [0.5, 0.6) is 0 Å². The first-order chi connectivity index (χ1) is 9.76. The maximum absolute atomic E-state index is 12.2. The fourth-order valence-electron chi connectivity index (χ4n) is 2.49. The van der Waals surface area contributed by atoms with Crippen LogP contribution in [0.25, 0.3) is 0 Å². The number of nitrogens with zero attached hydrogens (tertiary/aromatic N) is 1. The van der Waals surface area contributed by atoms with Gasteiger partial charge in [-0.3, -0.25) is 4.79 Å². The first-order valence-electron chi connectivity index (χ1n) is 7.34. The number of carbonyl (C=O) groups excluding carboxylic acids is 1. The molecule has 0 radical (unpaired) electrons. The maximum Gasteiger partial charge on any atom is 0.308 e. The molecule has 0 amide bonds. The minimum absolute atomic E-state index is 0.188. The molecule has 8 heteroatoms. The van der Waals surface area contributed by atoms with E-state index in [1.165, 1.54) is 11.4 Å². The van der Waals surface area contributed by atoms with E-state index < -0.39 is 10.2 Å². The molecule has 124 valence electrons. The highest BCUT2D eigenvalue weighted by Crippen LogP contribution is 2.20. The summed E-state index contributed by atoms with van der Waals surface area (Å²) in [6, 6.07) is -0.188. The Kier molecular flexibility index (Phi) is 7.05. The van der Waals surface area contributed by atoms with E-state index in [2.05, 4.69) is 9.46 Å². The second-order valence-corrected chi connectivity index (χ2v) is 7.69. The van der Waals surface area contributed by atoms with Crippen molar-refractivity contribution in [3.05, 3.63) is 0 Å². The average Bonchev–Trinajstić information content (AvgIpc) is 2.44. The number of hydrogen-bond acceptors (Lipinski definition) is 5. The molecule has 1 fully saturated rings. The lowest BCUT2D eigenvalue weighted by atomic mass is 9.99. The van der Waals surface area contributed by atoms with Crippen molar-refractivity contribution in [2.24, 2.45) is 17.6 Å². The van der Waals surface area contributed by atoms with Gasteiger partial charge in [-0.2, -0.15) is 12.7 Å². The van der Waals surface area contributed by atoms with E-state index in [9.17, 15) is 13.2 Å². The highest BCUT2D eigenvalue weighted by atomic mass is 32.2.